The molecule has 0 aliphatic carbocycles. The van der Waals surface area contributed by atoms with Gasteiger partial charge in [-0.05, 0) is 18.1 Å². The zero-order valence-electron chi connectivity index (χ0n) is 10.2. The lowest BCUT2D eigenvalue weighted by molar-refractivity contribution is -0.403. The van der Waals surface area contributed by atoms with Gasteiger partial charge in [0.1, 0.15) is 5.03 Å². The fraction of sp³-hybridized carbons (Fsp3) is 0.417. The van der Waals surface area contributed by atoms with Crippen LogP contribution < -0.4 is 0 Å². The van der Waals surface area contributed by atoms with Crippen molar-refractivity contribution in [3.05, 3.63) is 50.9 Å². The molecule has 0 N–H and O–H groups in total. The van der Waals surface area contributed by atoms with Gasteiger partial charge in [0.2, 0.25) is 0 Å². The molecule has 0 saturated carbocycles. The number of nitro groups is 1. The highest BCUT2D eigenvalue weighted by Gasteiger charge is 2.20. The van der Waals surface area contributed by atoms with Crippen molar-refractivity contribution in [3.8, 4) is 0 Å². The van der Waals surface area contributed by atoms with Crippen LogP contribution in [0.5, 0.6) is 0 Å². The Balaban J connectivity index is 2.05. The van der Waals surface area contributed by atoms with Gasteiger partial charge in [-0.25, -0.2) is 0 Å². The van der Waals surface area contributed by atoms with Crippen LogP contribution in [0.3, 0.4) is 0 Å². The predicted molar refractivity (Wildman–Crippen MR) is 71.6 cm³/mol. The van der Waals surface area contributed by atoms with Gasteiger partial charge in [0.25, 0.3) is 6.20 Å². The van der Waals surface area contributed by atoms with E-state index in [0.717, 1.165) is 41.2 Å². The fourth-order valence-corrected chi connectivity index (χ4v) is 2.83. The number of pyridine rings is 1. The van der Waals surface area contributed by atoms with Crippen LogP contribution in [-0.4, -0.2) is 27.1 Å². The molecule has 18 heavy (non-hydrogen) atoms. The van der Waals surface area contributed by atoms with E-state index in [9.17, 15) is 10.1 Å². The maximum Gasteiger partial charge on any atom is 0.264 e. The number of hydrogen-bond donors (Lipinski definition) is 0. The SMILES string of the molecule is CCc1ccc(CN2CCS/C2=C/[N+](=O)[O-])cn1. The molecule has 1 fully saturated rings. The highest BCUT2D eigenvalue weighted by molar-refractivity contribution is 8.03. The van der Waals surface area contributed by atoms with Crippen molar-refractivity contribution in [1.29, 1.82) is 0 Å². The molecule has 1 aliphatic heterocycles. The number of aryl methyl sites for hydroxylation is 1. The van der Waals surface area contributed by atoms with E-state index in [2.05, 4.69) is 11.9 Å². The highest BCUT2D eigenvalue weighted by atomic mass is 32.2. The maximum absolute atomic E-state index is 10.5. The third-order valence-electron chi connectivity index (χ3n) is 2.76. The topological polar surface area (TPSA) is 59.3 Å². The number of thioether (sulfide) groups is 1. The Morgan fingerprint density at radius 3 is 3.06 bits per heavy atom. The van der Waals surface area contributed by atoms with Gasteiger partial charge in [0, 0.05) is 30.7 Å². The summed E-state index contributed by atoms with van der Waals surface area (Å²) >= 11 is 1.53. The van der Waals surface area contributed by atoms with E-state index in [4.69, 9.17) is 0 Å². The normalized spacial score (nSPS) is 17.4. The van der Waals surface area contributed by atoms with Crippen molar-refractivity contribution in [2.24, 2.45) is 0 Å². The highest BCUT2D eigenvalue weighted by Crippen LogP contribution is 2.28. The number of nitrogens with zero attached hydrogens (tertiary/aromatic N) is 3. The summed E-state index contributed by atoms with van der Waals surface area (Å²) in [4.78, 5) is 16.5. The van der Waals surface area contributed by atoms with E-state index >= 15 is 0 Å². The Labute approximate surface area is 110 Å². The van der Waals surface area contributed by atoms with E-state index in [1.807, 2.05) is 23.2 Å². The van der Waals surface area contributed by atoms with Crippen LogP contribution in [0, 0.1) is 10.1 Å². The van der Waals surface area contributed by atoms with Gasteiger partial charge in [-0.3, -0.25) is 15.1 Å². The van der Waals surface area contributed by atoms with Crippen LogP contribution in [-0.2, 0) is 13.0 Å². The second-order valence-electron chi connectivity index (χ2n) is 4.03. The first-order valence-electron chi connectivity index (χ1n) is 5.86. The largest absolute Gasteiger partial charge is 0.356 e. The third-order valence-corrected chi connectivity index (χ3v) is 3.81. The zero-order valence-corrected chi connectivity index (χ0v) is 11.0. The quantitative estimate of drug-likeness (QED) is 0.617. The predicted octanol–water partition coefficient (Wildman–Crippen LogP) is 2.27. The molecule has 96 valence electrons. The summed E-state index contributed by atoms with van der Waals surface area (Å²) in [6.45, 7) is 3.60. The first-order chi connectivity index (χ1) is 8.69. The Bertz CT molecular complexity index is 459. The van der Waals surface area contributed by atoms with Gasteiger partial charge in [-0.1, -0.05) is 13.0 Å². The summed E-state index contributed by atoms with van der Waals surface area (Å²) in [5.41, 5.74) is 2.15. The van der Waals surface area contributed by atoms with E-state index < -0.39 is 0 Å². The summed E-state index contributed by atoms with van der Waals surface area (Å²) in [6, 6.07) is 4.05. The van der Waals surface area contributed by atoms with E-state index in [-0.39, 0.29) is 4.92 Å². The average molecular weight is 265 g/mol. The van der Waals surface area contributed by atoms with Crippen molar-refractivity contribution >= 4 is 11.8 Å². The second kappa shape index (κ2) is 5.86. The molecule has 0 atom stereocenters. The molecule has 0 spiro atoms. The summed E-state index contributed by atoms with van der Waals surface area (Å²) in [5, 5.41) is 11.2. The van der Waals surface area contributed by atoms with Gasteiger partial charge < -0.3 is 4.90 Å². The number of rotatable bonds is 4. The summed E-state index contributed by atoms with van der Waals surface area (Å²) in [7, 11) is 0. The minimum atomic E-state index is -0.390. The lowest BCUT2D eigenvalue weighted by Gasteiger charge is -2.17. The van der Waals surface area contributed by atoms with Crippen LogP contribution in [0.15, 0.2) is 29.6 Å². The molecule has 0 unspecified atom stereocenters. The van der Waals surface area contributed by atoms with Crippen molar-refractivity contribution < 1.29 is 4.92 Å². The van der Waals surface area contributed by atoms with Crippen LogP contribution in [0.1, 0.15) is 18.2 Å². The molecule has 6 heteroatoms. The third kappa shape index (κ3) is 3.22. The summed E-state index contributed by atoms with van der Waals surface area (Å²) in [5.74, 6) is 0.903. The Kier molecular flexibility index (Phi) is 4.19. The molecular formula is C12H15N3O2S. The standard InChI is InChI=1S/C12H15N3O2S/c1-2-11-4-3-10(7-13-11)8-14-5-6-18-12(14)9-15(16)17/h3-4,7,9H,2,5-6,8H2,1H3/b12-9+. The molecule has 0 amide bonds. The first kappa shape index (κ1) is 12.9. The maximum atomic E-state index is 10.5. The van der Waals surface area contributed by atoms with Crippen molar-refractivity contribution in [3.63, 3.8) is 0 Å². The van der Waals surface area contributed by atoms with Crippen molar-refractivity contribution in [2.45, 2.75) is 19.9 Å². The molecule has 0 aromatic carbocycles. The van der Waals surface area contributed by atoms with Gasteiger partial charge in [0.05, 0.1) is 4.92 Å². The minimum Gasteiger partial charge on any atom is -0.356 e. The van der Waals surface area contributed by atoms with E-state index in [1.165, 1.54) is 11.8 Å². The van der Waals surface area contributed by atoms with Crippen molar-refractivity contribution in [1.82, 2.24) is 9.88 Å². The smallest absolute Gasteiger partial charge is 0.264 e. The van der Waals surface area contributed by atoms with Gasteiger partial charge >= 0.3 is 0 Å². The Morgan fingerprint density at radius 1 is 1.61 bits per heavy atom. The van der Waals surface area contributed by atoms with E-state index in [1.54, 1.807) is 0 Å². The first-order valence-corrected chi connectivity index (χ1v) is 6.84. The molecule has 1 aromatic rings. The minimum absolute atomic E-state index is 0.390. The molecule has 1 saturated heterocycles. The average Bonchev–Trinajstić information content (AvgIpc) is 2.77. The Hall–Kier alpha value is -1.56. The molecule has 1 aliphatic rings. The Morgan fingerprint density at radius 2 is 2.44 bits per heavy atom. The number of hydrogen-bond acceptors (Lipinski definition) is 5. The lowest BCUT2D eigenvalue weighted by atomic mass is 10.2. The number of aromatic nitrogens is 1. The molecule has 5 nitrogen and oxygen atoms in total. The molecule has 1 aromatic heterocycles. The molecular weight excluding hydrogens is 250 g/mol. The molecule has 2 rings (SSSR count). The molecule has 0 bridgehead atoms. The zero-order chi connectivity index (χ0) is 13.0. The molecule has 0 radical (unpaired) electrons. The van der Waals surface area contributed by atoms with Gasteiger partial charge in [0.15, 0.2) is 0 Å². The van der Waals surface area contributed by atoms with Gasteiger partial charge in [-0.15, -0.1) is 11.8 Å². The van der Waals surface area contributed by atoms with Crippen molar-refractivity contribution in [2.75, 3.05) is 12.3 Å². The van der Waals surface area contributed by atoms with Crippen LogP contribution in [0.25, 0.3) is 0 Å². The van der Waals surface area contributed by atoms with Crippen LogP contribution in [0.2, 0.25) is 0 Å². The van der Waals surface area contributed by atoms with Crippen LogP contribution >= 0.6 is 11.8 Å². The van der Waals surface area contributed by atoms with Crippen LogP contribution in [0.4, 0.5) is 0 Å². The fourth-order valence-electron chi connectivity index (χ4n) is 1.81. The monoisotopic (exact) mass is 265 g/mol. The summed E-state index contributed by atoms with van der Waals surface area (Å²) < 4.78 is 0. The lowest BCUT2D eigenvalue weighted by Crippen LogP contribution is -2.18. The van der Waals surface area contributed by atoms with Gasteiger partial charge in [-0.2, -0.15) is 0 Å². The van der Waals surface area contributed by atoms with E-state index in [0.29, 0.717) is 6.54 Å². The molecule has 2 heterocycles. The second-order valence-corrected chi connectivity index (χ2v) is 5.15. The summed E-state index contributed by atoms with van der Waals surface area (Å²) in [6.07, 6.45) is 3.86.